The molecule has 1 amide bonds. The van der Waals surface area contributed by atoms with Gasteiger partial charge in [0.05, 0.1) is 18.4 Å². The SMILES string of the molecule is O=C(Cc1cc(-c2ccco2)on1)NCCC1=CCCCC1. The van der Waals surface area contributed by atoms with Crippen LogP contribution in [0.3, 0.4) is 0 Å². The zero-order valence-electron chi connectivity index (χ0n) is 12.5. The Balaban J connectivity index is 1.44. The molecule has 1 aliphatic carbocycles. The fourth-order valence-electron chi connectivity index (χ4n) is 2.65. The number of nitrogens with zero attached hydrogens (tertiary/aromatic N) is 1. The van der Waals surface area contributed by atoms with Gasteiger partial charge in [0, 0.05) is 12.6 Å². The minimum atomic E-state index is -0.0318. The summed E-state index contributed by atoms with van der Waals surface area (Å²) >= 11 is 0. The van der Waals surface area contributed by atoms with Crippen molar-refractivity contribution in [1.82, 2.24) is 10.5 Å². The van der Waals surface area contributed by atoms with Crippen molar-refractivity contribution in [2.75, 3.05) is 6.54 Å². The molecule has 0 radical (unpaired) electrons. The lowest BCUT2D eigenvalue weighted by Crippen LogP contribution is -2.26. The van der Waals surface area contributed by atoms with Crippen LogP contribution in [0.4, 0.5) is 0 Å². The van der Waals surface area contributed by atoms with Gasteiger partial charge in [-0.05, 0) is 44.2 Å². The lowest BCUT2D eigenvalue weighted by molar-refractivity contribution is -0.120. The average Bonchev–Trinajstić information content (AvgIpc) is 3.19. The maximum Gasteiger partial charge on any atom is 0.226 e. The first kappa shape index (κ1) is 14.6. The minimum absolute atomic E-state index is 0.0318. The van der Waals surface area contributed by atoms with Crippen LogP contribution >= 0.6 is 0 Å². The molecule has 0 atom stereocenters. The van der Waals surface area contributed by atoms with Gasteiger partial charge in [-0.3, -0.25) is 4.79 Å². The van der Waals surface area contributed by atoms with Crippen molar-refractivity contribution in [2.24, 2.45) is 0 Å². The van der Waals surface area contributed by atoms with Crippen LogP contribution in [0.1, 0.15) is 37.8 Å². The summed E-state index contributed by atoms with van der Waals surface area (Å²) in [7, 11) is 0. The zero-order chi connectivity index (χ0) is 15.2. The van der Waals surface area contributed by atoms with Crippen LogP contribution in [-0.4, -0.2) is 17.6 Å². The van der Waals surface area contributed by atoms with Gasteiger partial charge < -0.3 is 14.3 Å². The molecule has 5 nitrogen and oxygen atoms in total. The summed E-state index contributed by atoms with van der Waals surface area (Å²) < 4.78 is 10.4. The summed E-state index contributed by atoms with van der Waals surface area (Å²) in [5, 5.41) is 6.84. The Morgan fingerprint density at radius 2 is 2.27 bits per heavy atom. The molecule has 0 saturated carbocycles. The summed E-state index contributed by atoms with van der Waals surface area (Å²) in [6.45, 7) is 0.688. The number of carbonyl (C=O) groups excluding carboxylic acids is 1. The molecule has 5 heteroatoms. The number of furan rings is 1. The maximum atomic E-state index is 11.9. The lowest BCUT2D eigenvalue weighted by atomic mass is 9.97. The summed E-state index contributed by atoms with van der Waals surface area (Å²) in [5.41, 5.74) is 2.08. The fourth-order valence-corrected chi connectivity index (χ4v) is 2.65. The molecule has 3 rings (SSSR count). The highest BCUT2D eigenvalue weighted by atomic mass is 16.5. The summed E-state index contributed by atoms with van der Waals surface area (Å²) in [6, 6.07) is 5.31. The number of hydrogen-bond donors (Lipinski definition) is 1. The van der Waals surface area contributed by atoms with Crippen molar-refractivity contribution < 1.29 is 13.7 Å². The largest absolute Gasteiger partial charge is 0.461 e. The van der Waals surface area contributed by atoms with Gasteiger partial charge in [-0.2, -0.15) is 0 Å². The first-order valence-electron chi connectivity index (χ1n) is 7.75. The number of nitrogens with one attached hydrogen (secondary N) is 1. The van der Waals surface area contributed by atoms with Gasteiger partial charge in [-0.15, -0.1) is 0 Å². The second-order valence-corrected chi connectivity index (χ2v) is 5.54. The van der Waals surface area contributed by atoms with Crippen molar-refractivity contribution in [3.05, 3.63) is 41.8 Å². The molecule has 1 aliphatic rings. The normalized spacial score (nSPS) is 14.6. The third-order valence-corrected chi connectivity index (χ3v) is 3.82. The molecule has 0 fully saturated rings. The predicted octanol–water partition coefficient (Wildman–Crippen LogP) is 3.48. The van der Waals surface area contributed by atoms with E-state index >= 15 is 0 Å². The molecule has 0 spiro atoms. The Kier molecular flexibility index (Phi) is 4.73. The van der Waals surface area contributed by atoms with Gasteiger partial charge in [0.1, 0.15) is 0 Å². The number of aromatic nitrogens is 1. The molecule has 0 saturated heterocycles. The Hall–Kier alpha value is -2.30. The Labute approximate surface area is 129 Å². The number of rotatable bonds is 6. The van der Waals surface area contributed by atoms with Crippen LogP contribution in [0.15, 0.2) is 45.1 Å². The molecule has 0 bridgehead atoms. The quantitative estimate of drug-likeness (QED) is 0.829. The van der Waals surface area contributed by atoms with Crippen molar-refractivity contribution in [2.45, 2.75) is 38.5 Å². The lowest BCUT2D eigenvalue weighted by Gasteiger charge is -2.12. The fraction of sp³-hybridized carbons (Fsp3) is 0.412. The van der Waals surface area contributed by atoms with E-state index < -0.39 is 0 Å². The van der Waals surface area contributed by atoms with Crippen LogP contribution in [0.25, 0.3) is 11.5 Å². The highest BCUT2D eigenvalue weighted by Gasteiger charge is 2.12. The monoisotopic (exact) mass is 300 g/mol. The molecule has 22 heavy (non-hydrogen) atoms. The van der Waals surface area contributed by atoms with E-state index in [9.17, 15) is 4.79 Å². The predicted molar refractivity (Wildman–Crippen MR) is 82.1 cm³/mol. The molecule has 0 aliphatic heterocycles. The third-order valence-electron chi connectivity index (χ3n) is 3.82. The van der Waals surface area contributed by atoms with Gasteiger partial charge in [-0.1, -0.05) is 16.8 Å². The van der Waals surface area contributed by atoms with Crippen LogP contribution in [0.2, 0.25) is 0 Å². The summed E-state index contributed by atoms with van der Waals surface area (Å²) in [6.07, 6.45) is 9.97. The molecular formula is C17H20N2O3. The summed E-state index contributed by atoms with van der Waals surface area (Å²) in [5.74, 6) is 1.12. The van der Waals surface area contributed by atoms with Crippen molar-refractivity contribution in [3.8, 4) is 11.5 Å². The van der Waals surface area contributed by atoms with E-state index in [-0.39, 0.29) is 12.3 Å². The van der Waals surface area contributed by atoms with E-state index in [2.05, 4.69) is 16.5 Å². The van der Waals surface area contributed by atoms with E-state index in [0.29, 0.717) is 23.8 Å². The van der Waals surface area contributed by atoms with Gasteiger partial charge >= 0.3 is 0 Å². The van der Waals surface area contributed by atoms with Crippen molar-refractivity contribution >= 4 is 5.91 Å². The topological polar surface area (TPSA) is 68.3 Å². The molecule has 0 aromatic carbocycles. The molecule has 2 aromatic heterocycles. The number of hydrogen-bond acceptors (Lipinski definition) is 4. The smallest absolute Gasteiger partial charge is 0.226 e. The second-order valence-electron chi connectivity index (χ2n) is 5.54. The first-order valence-corrected chi connectivity index (χ1v) is 7.75. The molecule has 1 N–H and O–H groups in total. The van der Waals surface area contributed by atoms with Crippen molar-refractivity contribution in [3.63, 3.8) is 0 Å². The van der Waals surface area contributed by atoms with E-state index in [1.165, 1.54) is 31.3 Å². The van der Waals surface area contributed by atoms with E-state index in [4.69, 9.17) is 8.94 Å². The van der Waals surface area contributed by atoms with E-state index in [1.54, 1.807) is 24.5 Å². The number of amides is 1. The van der Waals surface area contributed by atoms with Gasteiger partial charge in [0.15, 0.2) is 5.76 Å². The average molecular weight is 300 g/mol. The summed E-state index contributed by atoms with van der Waals surface area (Å²) in [4.78, 5) is 11.9. The van der Waals surface area contributed by atoms with Crippen LogP contribution in [0.5, 0.6) is 0 Å². The maximum absolute atomic E-state index is 11.9. The Morgan fingerprint density at radius 1 is 1.32 bits per heavy atom. The number of allylic oxidation sites excluding steroid dienone is 1. The third kappa shape index (κ3) is 3.87. The zero-order valence-corrected chi connectivity index (χ0v) is 12.5. The van der Waals surface area contributed by atoms with Gasteiger partial charge in [-0.25, -0.2) is 0 Å². The van der Waals surface area contributed by atoms with E-state index in [0.717, 1.165) is 6.42 Å². The van der Waals surface area contributed by atoms with Crippen LogP contribution in [0, 0.1) is 0 Å². The van der Waals surface area contributed by atoms with Crippen LogP contribution in [-0.2, 0) is 11.2 Å². The standard InChI is InChI=1S/C17H20N2O3/c20-17(18-9-8-13-5-2-1-3-6-13)12-14-11-16(22-19-14)15-7-4-10-21-15/h4-5,7,10-11H,1-3,6,8-9,12H2,(H,18,20). The molecule has 116 valence electrons. The first-order chi connectivity index (χ1) is 10.8. The van der Waals surface area contributed by atoms with Gasteiger partial charge in [0.25, 0.3) is 0 Å². The van der Waals surface area contributed by atoms with Gasteiger partial charge in [0.2, 0.25) is 11.7 Å². The molecule has 2 aromatic rings. The highest BCUT2D eigenvalue weighted by molar-refractivity contribution is 5.78. The van der Waals surface area contributed by atoms with Crippen LogP contribution < -0.4 is 5.32 Å². The minimum Gasteiger partial charge on any atom is -0.461 e. The Morgan fingerprint density at radius 3 is 3.05 bits per heavy atom. The number of carbonyl (C=O) groups is 1. The molecule has 2 heterocycles. The molecular weight excluding hydrogens is 280 g/mol. The Bertz CT molecular complexity index is 641. The van der Waals surface area contributed by atoms with Crippen molar-refractivity contribution in [1.29, 1.82) is 0 Å². The van der Waals surface area contributed by atoms with E-state index in [1.807, 2.05) is 0 Å². The highest BCUT2D eigenvalue weighted by Crippen LogP contribution is 2.21. The second kappa shape index (κ2) is 7.11. The molecule has 0 unspecified atom stereocenters.